The number of alkyl halides is 3. The van der Waals surface area contributed by atoms with Crippen LogP contribution in [0.2, 0.25) is 0 Å². The van der Waals surface area contributed by atoms with Crippen LogP contribution in [-0.2, 0) is 22.2 Å². The van der Waals surface area contributed by atoms with Gasteiger partial charge in [-0.05, 0) is 30.5 Å². The summed E-state index contributed by atoms with van der Waals surface area (Å²) in [6.07, 6.45) is -3.49. The summed E-state index contributed by atoms with van der Waals surface area (Å²) >= 11 is 0. The third-order valence-electron chi connectivity index (χ3n) is 3.34. The Morgan fingerprint density at radius 1 is 1.33 bits per heavy atom. The van der Waals surface area contributed by atoms with Gasteiger partial charge in [-0.2, -0.15) is 13.2 Å². The molecule has 1 aliphatic carbocycles. The average molecular weight is 303 g/mol. The minimum absolute atomic E-state index is 0.0478. The highest BCUT2D eigenvalue weighted by Crippen LogP contribution is 2.32. The lowest BCUT2D eigenvalue weighted by molar-refractivity contribution is -0.140. The smallest absolute Gasteiger partial charge is 0.346 e. The van der Waals surface area contributed by atoms with Crippen molar-refractivity contribution in [2.45, 2.75) is 37.9 Å². The van der Waals surface area contributed by atoms with Gasteiger partial charge in [-0.15, -0.1) is 0 Å². The molecule has 1 N–H and O–H groups in total. The number of ketones is 1. The predicted molar refractivity (Wildman–Crippen MR) is 65.9 cm³/mol. The van der Waals surface area contributed by atoms with E-state index in [-0.39, 0.29) is 17.8 Å². The first-order chi connectivity index (χ1) is 9.77. The monoisotopic (exact) mass is 303 g/mol. The van der Waals surface area contributed by atoms with E-state index >= 15 is 0 Å². The van der Waals surface area contributed by atoms with Crippen molar-refractivity contribution in [3.63, 3.8) is 0 Å². The molecule has 0 aromatic heterocycles. The number of hydrogen-bond donors (Lipinski definition) is 1. The van der Waals surface area contributed by atoms with Crippen molar-refractivity contribution in [1.82, 2.24) is 5.32 Å². The van der Waals surface area contributed by atoms with E-state index in [9.17, 15) is 27.2 Å². The quantitative estimate of drug-likeness (QED) is 0.873. The molecule has 1 aromatic rings. The molecule has 3 nitrogen and oxygen atoms in total. The van der Waals surface area contributed by atoms with Gasteiger partial charge >= 0.3 is 6.18 Å². The molecule has 1 amide bonds. The number of halogens is 4. The van der Waals surface area contributed by atoms with Gasteiger partial charge in [0.1, 0.15) is 5.82 Å². The third-order valence-corrected chi connectivity index (χ3v) is 3.34. The summed E-state index contributed by atoms with van der Waals surface area (Å²) in [6, 6.07) is 1.87. The Labute approximate surface area is 118 Å². The van der Waals surface area contributed by atoms with Crippen molar-refractivity contribution in [1.29, 1.82) is 0 Å². The summed E-state index contributed by atoms with van der Waals surface area (Å²) in [5.41, 5.74) is -1.35. The number of carbonyl (C=O) groups is 2. The molecule has 0 saturated heterocycles. The summed E-state index contributed by atoms with van der Waals surface area (Å²) in [5, 5.41) is 2.49. The van der Waals surface area contributed by atoms with Crippen LogP contribution in [0.25, 0.3) is 0 Å². The van der Waals surface area contributed by atoms with Gasteiger partial charge in [0.05, 0.1) is 18.0 Å². The molecule has 21 heavy (non-hydrogen) atoms. The van der Waals surface area contributed by atoms with E-state index < -0.39 is 29.5 Å². The standard InChI is InChI=1S/C14H13F4NO2/c15-10-5-4-8(6-9(10)14(16,17)18)7-13(21)19-11-2-1-3-12(11)20/h4-6,11H,1-3,7H2,(H,19,21). The highest BCUT2D eigenvalue weighted by Gasteiger charge is 2.34. The van der Waals surface area contributed by atoms with E-state index in [4.69, 9.17) is 0 Å². The lowest BCUT2D eigenvalue weighted by Gasteiger charge is -2.12. The first-order valence-corrected chi connectivity index (χ1v) is 6.45. The molecular formula is C14H13F4NO2. The fourth-order valence-electron chi connectivity index (χ4n) is 2.30. The fourth-order valence-corrected chi connectivity index (χ4v) is 2.30. The first kappa shape index (κ1) is 15.5. The molecule has 0 radical (unpaired) electrons. The molecule has 0 aliphatic heterocycles. The molecule has 1 unspecified atom stereocenters. The number of hydrogen-bond acceptors (Lipinski definition) is 2. The fraction of sp³-hybridized carbons (Fsp3) is 0.429. The van der Waals surface area contributed by atoms with Gasteiger partial charge in [-0.3, -0.25) is 9.59 Å². The van der Waals surface area contributed by atoms with Crippen molar-refractivity contribution in [3.8, 4) is 0 Å². The van der Waals surface area contributed by atoms with Crippen molar-refractivity contribution >= 4 is 11.7 Å². The Hall–Kier alpha value is -1.92. The number of amides is 1. The summed E-state index contributed by atoms with van der Waals surface area (Å²) in [7, 11) is 0. The van der Waals surface area contributed by atoms with Crippen LogP contribution in [0.5, 0.6) is 0 Å². The lowest BCUT2D eigenvalue weighted by atomic mass is 10.1. The molecule has 1 saturated carbocycles. The van der Waals surface area contributed by atoms with Crippen molar-refractivity contribution in [2.75, 3.05) is 0 Å². The van der Waals surface area contributed by atoms with Crippen LogP contribution in [-0.4, -0.2) is 17.7 Å². The van der Waals surface area contributed by atoms with Crippen molar-refractivity contribution in [2.24, 2.45) is 0 Å². The van der Waals surface area contributed by atoms with Crippen LogP contribution in [0.1, 0.15) is 30.4 Å². The first-order valence-electron chi connectivity index (χ1n) is 6.45. The summed E-state index contributed by atoms with van der Waals surface area (Å²) in [6.45, 7) is 0. The van der Waals surface area contributed by atoms with Crippen molar-refractivity contribution in [3.05, 3.63) is 35.1 Å². The van der Waals surface area contributed by atoms with Gasteiger partial charge in [0.25, 0.3) is 0 Å². The van der Waals surface area contributed by atoms with E-state index in [1.807, 2.05) is 0 Å². The number of nitrogens with one attached hydrogen (secondary N) is 1. The van der Waals surface area contributed by atoms with Crippen LogP contribution in [0, 0.1) is 5.82 Å². The average Bonchev–Trinajstić information content (AvgIpc) is 2.76. The summed E-state index contributed by atoms with van der Waals surface area (Å²) in [4.78, 5) is 23.1. The SMILES string of the molecule is O=C(Cc1ccc(F)c(C(F)(F)F)c1)NC1CCCC1=O. The molecule has 1 atom stereocenters. The van der Waals surface area contributed by atoms with Gasteiger partial charge in [0.15, 0.2) is 5.78 Å². The van der Waals surface area contributed by atoms with E-state index in [2.05, 4.69) is 5.32 Å². The maximum absolute atomic E-state index is 13.1. The largest absolute Gasteiger partial charge is 0.419 e. The zero-order valence-electron chi connectivity index (χ0n) is 11.0. The Kier molecular flexibility index (Phi) is 4.29. The topological polar surface area (TPSA) is 46.2 Å². The Balaban J connectivity index is 2.06. The van der Waals surface area contributed by atoms with Crippen LogP contribution in [0.3, 0.4) is 0 Å². The molecule has 0 spiro atoms. The second-order valence-corrected chi connectivity index (χ2v) is 4.97. The minimum atomic E-state index is -4.81. The highest BCUT2D eigenvalue weighted by molar-refractivity contribution is 5.91. The maximum atomic E-state index is 13.1. The van der Waals surface area contributed by atoms with Crippen LogP contribution in [0.4, 0.5) is 17.6 Å². The normalized spacial score (nSPS) is 18.9. The second-order valence-electron chi connectivity index (χ2n) is 4.97. The van der Waals surface area contributed by atoms with E-state index in [1.54, 1.807) is 0 Å². The minimum Gasteiger partial charge on any atom is -0.346 e. The summed E-state index contributed by atoms with van der Waals surface area (Å²) in [5.74, 6) is -1.99. The van der Waals surface area contributed by atoms with Gasteiger partial charge < -0.3 is 5.32 Å². The maximum Gasteiger partial charge on any atom is 0.419 e. The lowest BCUT2D eigenvalue weighted by Crippen LogP contribution is -2.38. The van der Waals surface area contributed by atoms with Gasteiger partial charge in [-0.1, -0.05) is 6.07 Å². The number of Topliss-reactive ketones (excluding diaryl/α,β-unsaturated/α-hetero) is 1. The molecule has 1 aliphatic rings. The van der Waals surface area contributed by atoms with Crippen LogP contribution < -0.4 is 5.32 Å². The van der Waals surface area contributed by atoms with Gasteiger partial charge in [0.2, 0.25) is 5.91 Å². The molecule has 1 aromatic carbocycles. The molecular weight excluding hydrogens is 290 g/mol. The molecule has 2 rings (SSSR count). The highest BCUT2D eigenvalue weighted by atomic mass is 19.4. The zero-order valence-corrected chi connectivity index (χ0v) is 11.0. The molecule has 0 bridgehead atoms. The van der Waals surface area contributed by atoms with Gasteiger partial charge in [0, 0.05) is 6.42 Å². The molecule has 0 heterocycles. The second kappa shape index (κ2) is 5.83. The number of carbonyl (C=O) groups excluding carboxylic acids is 2. The van der Waals surface area contributed by atoms with Crippen LogP contribution >= 0.6 is 0 Å². The number of benzene rings is 1. The molecule has 7 heteroatoms. The summed E-state index contributed by atoms with van der Waals surface area (Å²) < 4.78 is 50.8. The predicted octanol–water partition coefficient (Wildman–Crippen LogP) is 2.62. The zero-order chi connectivity index (χ0) is 15.6. The van der Waals surface area contributed by atoms with E-state index in [1.165, 1.54) is 0 Å². The van der Waals surface area contributed by atoms with Crippen LogP contribution in [0.15, 0.2) is 18.2 Å². The third kappa shape index (κ3) is 3.80. The molecule has 114 valence electrons. The Bertz CT molecular complexity index is 569. The Morgan fingerprint density at radius 2 is 2.05 bits per heavy atom. The Morgan fingerprint density at radius 3 is 2.62 bits per heavy atom. The van der Waals surface area contributed by atoms with Gasteiger partial charge in [-0.25, -0.2) is 4.39 Å². The van der Waals surface area contributed by atoms with E-state index in [0.29, 0.717) is 31.4 Å². The van der Waals surface area contributed by atoms with Crippen molar-refractivity contribution < 1.29 is 27.2 Å². The number of rotatable bonds is 3. The van der Waals surface area contributed by atoms with E-state index in [0.717, 1.165) is 6.07 Å². The molecule has 1 fully saturated rings.